The number of furan rings is 1. The van der Waals surface area contributed by atoms with E-state index in [0.29, 0.717) is 12.0 Å². The van der Waals surface area contributed by atoms with Crippen molar-refractivity contribution in [3.63, 3.8) is 0 Å². The van der Waals surface area contributed by atoms with Crippen molar-refractivity contribution in [2.24, 2.45) is 0 Å². The van der Waals surface area contributed by atoms with Gasteiger partial charge >= 0.3 is 0 Å². The Hall–Kier alpha value is -1.39. The molecule has 3 rings (SSSR count). The van der Waals surface area contributed by atoms with Crippen LogP contribution in [0.15, 0.2) is 50.9 Å². The van der Waals surface area contributed by atoms with Crippen molar-refractivity contribution in [1.82, 2.24) is 0 Å². The van der Waals surface area contributed by atoms with Crippen LogP contribution < -0.4 is 0 Å². The van der Waals surface area contributed by atoms with E-state index >= 15 is 0 Å². The molecule has 90 valence electrons. The fourth-order valence-corrected chi connectivity index (χ4v) is 3.34. The van der Waals surface area contributed by atoms with Crippen molar-refractivity contribution in [2.45, 2.75) is 6.42 Å². The summed E-state index contributed by atoms with van der Waals surface area (Å²) >= 11 is 4.97. The first-order valence-corrected chi connectivity index (χ1v) is 7.13. The van der Waals surface area contributed by atoms with E-state index in [1.54, 1.807) is 17.6 Å². The zero-order valence-corrected chi connectivity index (χ0v) is 11.8. The Balaban J connectivity index is 1.92. The summed E-state index contributed by atoms with van der Waals surface area (Å²) in [6, 6.07) is 9.57. The lowest BCUT2D eigenvalue weighted by atomic mass is 10.1. The number of carbonyl (C=O) groups is 1. The van der Waals surface area contributed by atoms with Gasteiger partial charge in [-0.15, -0.1) is 11.3 Å². The van der Waals surface area contributed by atoms with Crippen LogP contribution in [0, 0.1) is 0 Å². The maximum Gasteiger partial charge on any atom is 0.171 e. The van der Waals surface area contributed by atoms with E-state index in [2.05, 4.69) is 15.9 Å². The summed E-state index contributed by atoms with van der Waals surface area (Å²) in [5, 5.41) is 2.87. The molecule has 0 radical (unpaired) electrons. The molecule has 0 unspecified atom stereocenters. The molecule has 0 amide bonds. The van der Waals surface area contributed by atoms with Gasteiger partial charge < -0.3 is 4.42 Å². The van der Waals surface area contributed by atoms with Crippen LogP contribution in [0.2, 0.25) is 0 Å². The molecule has 0 atom stereocenters. The minimum Gasteiger partial charge on any atom is -0.464 e. The van der Waals surface area contributed by atoms with Gasteiger partial charge in [-0.25, -0.2) is 0 Å². The zero-order valence-electron chi connectivity index (χ0n) is 9.35. The standard InChI is InChI=1S/C14H9BrO2S/c15-9-5-10(18-8-9)6-13(16)12-7-17-14-4-2-1-3-11(12)14/h1-5,7-8H,6H2. The minimum atomic E-state index is 0.0919. The molecule has 0 spiro atoms. The van der Waals surface area contributed by atoms with Gasteiger partial charge in [-0.3, -0.25) is 4.79 Å². The van der Waals surface area contributed by atoms with Gasteiger partial charge in [0.05, 0.1) is 5.56 Å². The summed E-state index contributed by atoms with van der Waals surface area (Å²) in [5.41, 5.74) is 1.42. The van der Waals surface area contributed by atoms with E-state index in [0.717, 1.165) is 20.3 Å². The topological polar surface area (TPSA) is 30.2 Å². The number of halogens is 1. The second kappa shape index (κ2) is 4.71. The number of hydrogen-bond donors (Lipinski definition) is 0. The molecule has 2 nitrogen and oxygen atoms in total. The first kappa shape index (κ1) is 11.7. The predicted molar refractivity (Wildman–Crippen MR) is 76.3 cm³/mol. The van der Waals surface area contributed by atoms with Gasteiger partial charge in [0, 0.05) is 26.5 Å². The highest BCUT2D eigenvalue weighted by Crippen LogP contribution is 2.25. The van der Waals surface area contributed by atoms with Crippen molar-refractivity contribution in [1.29, 1.82) is 0 Å². The van der Waals surface area contributed by atoms with Gasteiger partial charge in [0.25, 0.3) is 0 Å². The smallest absolute Gasteiger partial charge is 0.171 e. The molecule has 18 heavy (non-hydrogen) atoms. The summed E-state index contributed by atoms with van der Waals surface area (Å²) in [6.07, 6.45) is 1.97. The van der Waals surface area contributed by atoms with Crippen LogP contribution in [0.3, 0.4) is 0 Å². The number of para-hydroxylation sites is 1. The van der Waals surface area contributed by atoms with Gasteiger partial charge in [-0.05, 0) is 28.1 Å². The highest BCUT2D eigenvalue weighted by atomic mass is 79.9. The van der Waals surface area contributed by atoms with E-state index in [9.17, 15) is 4.79 Å². The van der Waals surface area contributed by atoms with Crippen LogP contribution in [-0.4, -0.2) is 5.78 Å². The summed E-state index contributed by atoms with van der Waals surface area (Å²) in [6.45, 7) is 0. The van der Waals surface area contributed by atoms with Crippen LogP contribution in [0.25, 0.3) is 11.0 Å². The summed E-state index contributed by atoms with van der Waals surface area (Å²) in [7, 11) is 0. The monoisotopic (exact) mass is 320 g/mol. The molecule has 0 N–H and O–H groups in total. The molecule has 2 heterocycles. The van der Waals surface area contributed by atoms with Crippen LogP contribution in [0.1, 0.15) is 15.2 Å². The largest absolute Gasteiger partial charge is 0.464 e. The lowest BCUT2D eigenvalue weighted by molar-refractivity contribution is 0.0994. The first-order chi connectivity index (χ1) is 8.74. The zero-order chi connectivity index (χ0) is 12.5. The van der Waals surface area contributed by atoms with Crippen LogP contribution in [0.4, 0.5) is 0 Å². The third kappa shape index (κ3) is 2.13. The number of fused-ring (bicyclic) bond motifs is 1. The molecule has 0 aliphatic heterocycles. The van der Waals surface area contributed by atoms with E-state index < -0.39 is 0 Å². The third-order valence-corrected chi connectivity index (χ3v) is 4.44. The van der Waals surface area contributed by atoms with Gasteiger partial charge in [0.15, 0.2) is 5.78 Å². The number of hydrogen-bond acceptors (Lipinski definition) is 3. The third-order valence-electron chi connectivity index (χ3n) is 2.74. The minimum absolute atomic E-state index is 0.0919. The number of benzene rings is 1. The van der Waals surface area contributed by atoms with E-state index in [4.69, 9.17) is 4.42 Å². The van der Waals surface area contributed by atoms with Crippen LogP contribution in [0.5, 0.6) is 0 Å². The SMILES string of the molecule is O=C(Cc1cc(Br)cs1)c1coc2ccccc12. The van der Waals surface area contributed by atoms with E-state index in [-0.39, 0.29) is 5.78 Å². The Morgan fingerprint density at radius 2 is 2.17 bits per heavy atom. The molecule has 0 saturated heterocycles. The second-order valence-electron chi connectivity index (χ2n) is 3.98. The molecular weight excluding hydrogens is 312 g/mol. The van der Waals surface area contributed by atoms with Gasteiger partial charge in [0.2, 0.25) is 0 Å². The lowest BCUT2D eigenvalue weighted by Crippen LogP contribution is -2.00. The molecule has 0 bridgehead atoms. The van der Waals surface area contributed by atoms with E-state index in [1.165, 1.54) is 0 Å². The average molecular weight is 321 g/mol. The van der Waals surface area contributed by atoms with Crippen molar-refractivity contribution >= 4 is 44.0 Å². The molecule has 1 aromatic carbocycles. The molecule has 0 fully saturated rings. The van der Waals surface area contributed by atoms with Crippen molar-refractivity contribution in [3.05, 3.63) is 56.9 Å². The summed E-state index contributed by atoms with van der Waals surface area (Å²) < 4.78 is 6.41. The van der Waals surface area contributed by atoms with Crippen molar-refractivity contribution < 1.29 is 9.21 Å². The highest BCUT2D eigenvalue weighted by Gasteiger charge is 2.14. The molecule has 3 aromatic rings. The molecule has 0 aliphatic carbocycles. The normalized spacial score (nSPS) is 10.9. The van der Waals surface area contributed by atoms with Crippen LogP contribution >= 0.6 is 27.3 Å². The Morgan fingerprint density at radius 3 is 2.94 bits per heavy atom. The molecular formula is C14H9BrO2S. The summed E-state index contributed by atoms with van der Waals surface area (Å²) in [4.78, 5) is 13.3. The quantitative estimate of drug-likeness (QED) is 0.656. The fraction of sp³-hybridized carbons (Fsp3) is 0.0714. The molecule has 0 saturated carbocycles. The van der Waals surface area contributed by atoms with Crippen molar-refractivity contribution in [3.8, 4) is 0 Å². The number of carbonyl (C=O) groups excluding carboxylic acids is 1. The predicted octanol–water partition coefficient (Wildman–Crippen LogP) is 4.68. The van der Waals surface area contributed by atoms with Crippen molar-refractivity contribution in [2.75, 3.05) is 0 Å². The van der Waals surface area contributed by atoms with Gasteiger partial charge in [-0.2, -0.15) is 0 Å². The maximum atomic E-state index is 12.2. The molecule has 0 aliphatic rings. The van der Waals surface area contributed by atoms with Gasteiger partial charge in [0.1, 0.15) is 11.8 Å². The fourth-order valence-electron chi connectivity index (χ4n) is 1.89. The number of ketones is 1. The van der Waals surface area contributed by atoms with Crippen LogP contribution in [-0.2, 0) is 6.42 Å². The Morgan fingerprint density at radius 1 is 1.33 bits per heavy atom. The lowest BCUT2D eigenvalue weighted by Gasteiger charge is -1.96. The second-order valence-corrected chi connectivity index (χ2v) is 5.89. The number of thiophene rings is 1. The maximum absolute atomic E-state index is 12.2. The first-order valence-electron chi connectivity index (χ1n) is 5.46. The molecule has 4 heteroatoms. The Bertz CT molecular complexity index is 711. The number of rotatable bonds is 3. The molecule has 2 aromatic heterocycles. The average Bonchev–Trinajstić information content (AvgIpc) is 2.95. The Labute approximate surface area is 116 Å². The van der Waals surface area contributed by atoms with Gasteiger partial charge in [-0.1, -0.05) is 18.2 Å². The highest BCUT2D eigenvalue weighted by molar-refractivity contribution is 9.10. The van der Waals surface area contributed by atoms with E-state index in [1.807, 2.05) is 35.7 Å². The Kier molecular flexibility index (Phi) is 3.06. The summed E-state index contributed by atoms with van der Waals surface area (Å²) in [5.74, 6) is 0.0919. The number of Topliss-reactive ketones (excluding diaryl/α,β-unsaturated/α-hetero) is 1.